The fourth-order valence-corrected chi connectivity index (χ4v) is 3.23. The molecule has 2 fully saturated rings. The first-order valence-electron chi connectivity index (χ1n) is 7.60. The first kappa shape index (κ1) is 17.9. The molecule has 1 aliphatic heterocycles. The number of nitrogens with zero attached hydrogens (tertiary/aromatic N) is 1. The van der Waals surface area contributed by atoms with E-state index in [1.54, 1.807) is 6.07 Å². The van der Waals surface area contributed by atoms with Crippen molar-refractivity contribution in [2.45, 2.75) is 38.3 Å². The third-order valence-corrected chi connectivity index (χ3v) is 4.99. The number of benzene rings is 1. The van der Waals surface area contributed by atoms with Crippen molar-refractivity contribution in [3.05, 3.63) is 33.8 Å². The lowest BCUT2D eigenvalue weighted by Gasteiger charge is -2.30. The minimum absolute atomic E-state index is 0. The molecule has 0 spiro atoms. The average Bonchev–Trinajstić information content (AvgIpc) is 3.33. The lowest BCUT2D eigenvalue weighted by atomic mass is 9.97. The summed E-state index contributed by atoms with van der Waals surface area (Å²) in [4.78, 5) is 14.8. The molecule has 0 unspecified atom stereocenters. The van der Waals surface area contributed by atoms with Gasteiger partial charge in [0.15, 0.2) is 0 Å². The van der Waals surface area contributed by atoms with Gasteiger partial charge in [-0.25, -0.2) is 0 Å². The van der Waals surface area contributed by atoms with Gasteiger partial charge in [0.25, 0.3) is 0 Å². The van der Waals surface area contributed by atoms with Crippen LogP contribution in [0.4, 0.5) is 0 Å². The number of halogens is 3. The lowest BCUT2D eigenvalue weighted by Crippen LogP contribution is -2.43. The first-order chi connectivity index (χ1) is 10.1. The highest BCUT2D eigenvalue weighted by atomic mass is 35.5. The van der Waals surface area contributed by atoms with Crippen LogP contribution in [0.5, 0.6) is 0 Å². The van der Waals surface area contributed by atoms with Gasteiger partial charge in [-0.2, -0.15) is 0 Å². The van der Waals surface area contributed by atoms with Crippen molar-refractivity contribution in [2.75, 3.05) is 13.1 Å². The topological polar surface area (TPSA) is 32.3 Å². The fourth-order valence-electron chi connectivity index (χ4n) is 2.90. The van der Waals surface area contributed by atoms with Gasteiger partial charge in [-0.05, 0) is 49.9 Å². The second-order valence-corrected chi connectivity index (χ2v) is 6.80. The Hall–Kier alpha value is -0.480. The van der Waals surface area contributed by atoms with E-state index >= 15 is 0 Å². The Labute approximate surface area is 147 Å². The Balaban J connectivity index is 0.00000176. The molecule has 1 aromatic rings. The van der Waals surface area contributed by atoms with E-state index in [1.807, 2.05) is 17.0 Å². The van der Waals surface area contributed by atoms with Gasteiger partial charge in [-0.3, -0.25) is 4.79 Å². The second kappa shape index (κ2) is 7.87. The predicted molar refractivity (Wildman–Crippen MR) is 92.9 cm³/mol. The Kier molecular flexibility index (Phi) is 6.39. The molecular formula is C16H21Cl3N2O. The van der Waals surface area contributed by atoms with Gasteiger partial charge in [-0.1, -0.05) is 29.3 Å². The van der Waals surface area contributed by atoms with Crippen LogP contribution in [0.2, 0.25) is 10.0 Å². The molecule has 1 heterocycles. The van der Waals surface area contributed by atoms with E-state index in [2.05, 4.69) is 5.32 Å². The summed E-state index contributed by atoms with van der Waals surface area (Å²) in [5.74, 6) is 0.415. The number of nitrogens with one attached hydrogen (secondary N) is 1. The van der Waals surface area contributed by atoms with Gasteiger partial charge in [0.1, 0.15) is 0 Å². The molecular weight excluding hydrogens is 343 g/mol. The third-order valence-electron chi connectivity index (χ3n) is 4.25. The molecule has 1 aromatic carbocycles. The predicted octanol–water partition coefficient (Wildman–Crippen LogP) is 3.91. The molecule has 0 aromatic heterocycles. The number of hydrogen-bond acceptors (Lipinski definition) is 2. The molecule has 2 aliphatic rings. The number of hydrogen-bond donors (Lipinski definition) is 1. The zero-order valence-electron chi connectivity index (χ0n) is 12.4. The van der Waals surface area contributed by atoms with Crippen molar-refractivity contribution in [2.24, 2.45) is 5.92 Å². The van der Waals surface area contributed by atoms with Crippen molar-refractivity contribution in [1.29, 1.82) is 0 Å². The van der Waals surface area contributed by atoms with E-state index in [0.717, 1.165) is 44.3 Å². The summed E-state index contributed by atoms with van der Waals surface area (Å²) < 4.78 is 0. The smallest absolute Gasteiger partial charge is 0.227 e. The third kappa shape index (κ3) is 4.29. The van der Waals surface area contributed by atoms with E-state index < -0.39 is 0 Å². The van der Waals surface area contributed by atoms with Crippen LogP contribution in [0.1, 0.15) is 31.2 Å². The summed E-state index contributed by atoms with van der Waals surface area (Å²) in [5.41, 5.74) is 1.05. The number of amides is 1. The molecule has 22 heavy (non-hydrogen) atoms. The molecule has 1 atom stereocenters. The first-order valence-corrected chi connectivity index (χ1v) is 8.36. The van der Waals surface area contributed by atoms with Crippen LogP contribution in [0.25, 0.3) is 0 Å². The summed E-state index contributed by atoms with van der Waals surface area (Å²) >= 11 is 12.0. The normalized spacial score (nSPS) is 21.1. The van der Waals surface area contributed by atoms with Crippen LogP contribution in [-0.4, -0.2) is 29.9 Å². The molecule has 3 nitrogen and oxygen atoms in total. The fraction of sp³-hybridized carbons (Fsp3) is 0.562. The van der Waals surface area contributed by atoms with Gasteiger partial charge in [-0.15, -0.1) is 12.4 Å². The van der Waals surface area contributed by atoms with Gasteiger partial charge in [0, 0.05) is 19.1 Å². The Bertz CT molecular complexity index is 528. The Morgan fingerprint density at radius 1 is 1.23 bits per heavy atom. The van der Waals surface area contributed by atoms with Gasteiger partial charge < -0.3 is 10.2 Å². The molecule has 1 saturated heterocycles. The molecule has 0 bridgehead atoms. The van der Waals surface area contributed by atoms with E-state index in [9.17, 15) is 4.79 Å². The van der Waals surface area contributed by atoms with E-state index in [0.29, 0.717) is 22.6 Å². The van der Waals surface area contributed by atoms with Crippen LogP contribution in [0.15, 0.2) is 18.2 Å². The van der Waals surface area contributed by atoms with Crippen LogP contribution < -0.4 is 5.32 Å². The molecule has 122 valence electrons. The van der Waals surface area contributed by atoms with Crippen molar-refractivity contribution < 1.29 is 4.79 Å². The van der Waals surface area contributed by atoms with Gasteiger partial charge in [0.2, 0.25) is 5.91 Å². The van der Waals surface area contributed by atoms with Crippen LogP contribution in [-0.2, 0) is 11.3 Å². The maximum absolute atomic E-state index is 12.8. The minimum Gasteiger partial charge on any atom is -0.335 e. The molecule has 1 amide bonds. The number of rotatable bonds is 4. The summed E-state index contributed by atoms with van der Waals surface area (Å²) in [6, 6.07) is 6.03. The monoisotopic (exact) mass is 362 g/mol. The van der Waals surface area contributed by atoms with Crippen LogP contribution in [0, 0.1) is 5.92 Å². The number of piperidine rings is 1. The van der Waals surface area contributed by atoms with Gasteiger partial charge >= 0.3 is 0 Å². The van der Waals surface area contributed by atoms with E-state index in [4.69, 9.17) is 23.2 Å². The van der Waals surface area contributed by atoms with Crippen molar-refractivity contribution in [3.8, 4) is 0 Å². The Morgan fingerprint density at radius 3 is 2.59 bits per heavy atom. The lowest BCUT2D eigenvalue weighted by molar-refractivity contribution is -0.137. The molecule has 1 saturated carbocycles. The summed E-state index contributed by atoms with van der Waals surface area (Å²) in [5, 5.41) is 4.43. The minimum atomic E-state index is 0. The van der Waals surface area contributed by atoms with E-state index in [1.165, 1.54) is 0 Å². The van der Waals surface area contributed by atoms with Crippen molar-refractivity contribution in [1.82, 2.24) is 10.2 Å². The highest BCUT2D eigenvalue weighted by Crippen LogP contribution is 2.32. The highest BCUT2D eigenvalue weighted by molar-refractivity contribution is 6.42. The molecule has 1 aliphatic carbocycles. The van der Waals surface area contributed by atoms with Crippen molar-refractivity contribution >= 4 is 41.5 Å². The summed E-state index contributed by atoms with van der Waals surface area (Å²) in [7, 11) is 0. The Morgan fingerprint density at radius 2 is 2.00 bits per heavy atom. The number of carbonyl (C=O) groups is 1. The molecule has 6 heteroatoms. The highest BCUT2D eigenvalue weighted by Gasteiger charge is 2.36. The molecule has 1 N–H and O–H groups in total. The van der Waals surface area contributed by atoms with Gasteiger partial charge in [0.05, 0.1) is 16.0 Å². The largest absolute Gasteiger partial charge is 0.335 e. The maximum atomic E-state index is 12.8. The van der Waals surface area contributed by atoms with Crippen LogP contribution in [0.3, 0.4) is 0 Å². The quantitative estimate of drug-likeness (QED) is 0.879. The maximum Gasteiger partial charge on any atom is 0.227 e. The number of carbonyl (C=O) groups excluding carboxylic acids is 1. The summed E-state index contributed by atoms with van der Waals surface area (Å²) in [6.07, 6.45) is 4.32. The molecule has 3 rings (SSSR count). The average molecular weight is 364 g/mol. The van der Waals surface area contributed by atoms with E-state index in [-0.39, 0.29) is 24.2 Å². The van der Waals surface area contributed by atoms with Crippen LogP contribution >= 0.6 is 35.6 Å². The zero-order valence-corrected chi connectivity index (χ0v) is 14.7. The van der Waals surface area contributed by atoms with Crippen molar-refractivity contribution in [3.63, 3.8) is 0 Å². The second-order valence-electron chi connectivity index (χ2n) is 5.99. The zero-order chi connectivity index (χ0) is 14.8. The SMILES string of the molecule is Cl.O=C([C@@H]1CCCNC1)N(Cc1ccc(Cl)c(Cl)c1)C1CC1. The standard InChI is InChI=1S/C16H20Cl2N2O.ClH/c17-14-6-3-11(8-15(14)18)10-20(13-4-5-13)16(21)12-2-1-7-19-9-12;/h3,6,8,12-13,19H,1-2,4-5,7,9-10H2;1H/t12-;/m1./s1. The summed E-state index contributed by atoms with van der Waals surface area (Å²) in [6.45, 7) is 2.47. The molecule has 0 radical (unpaired) electrons.